The Balaban J connectivity index is 1.57. The minimum atomic E-state index is 0.0629. The van der Waals surface area contributed by atoms with Crippen molar-refractivity contribution in [3.63, 3.8) is 0 Å². The molecule has 3 heterocycles. The summed E-state index contributed by atoms with van der Waals surface area (Å²) >= 11 is 0. The summed E-state index contributed by atoms with van der Waals surface area (Å²) in [6.45, 7) is 1.87. The molecule has 0 radical (unpaired) electrons. The Bertz CT molecular complexity index is 626. The van der Waals surface area contributed by atoms with E-state index in [9.17, 15) is 4.79 Å². The van der Waals surface area contributed by atoms with Crippen LogP contribution >= 0.6 is 0 Å². The van der Waals surface area contributed by atoms with Gasteiger partial charge in [-0.25, -0.2) is 9.97 Å². The molecule has 1 aliphatic rings. The molecule has 1 aliphatic heterocycles. The van der Waals surface area contributed by atoms with Gasteiger partial charge in [-0.05, 0) is 31.0 Å². The van der Waals surface area contributed by atoms with E-state index >= 15 is 0 Å². The zero-order chi connectivity index (χ0) is 15.4. The number of carbonyl (C=O) groups excluding carboxylic acids is 1. The number of amides is 1. The lowest BCUT2D eigenvalue weighted by molar-refractivity contribution is -0.0249. The standard InChI is InChI=1S/C16H20N4O2/c1-19-8-2-3-15(19)16(21)20-9-10-22-14(11-20)5-4-13-6-7-17-12-18-13/h2-3,6-8,12,14H,4-5,9-11H2,1H3/t14-/m1/s1. The third kappa shape index (κ3) is 3.33. The van der Waals surface area contributed by atoms with Crippen molar-refractivity contribution in [3.05, 3.63) is 48.3 Å². The molecule has 2 aromatic rings. The van der Waals surface area contributed by atoms with Crippen LogP contribution in [0.1, 0.15) is 22.6 Å². The molecule has 1 amide bonds. The monoisotopic (exact) mass is 300 g/mol. The van der Waals surface area contributed by atoms with Crippen molar-refractivity contribution in [2.24, 2.45) is 7.05 Å². The fourth-order valence-corrected chi connectivity index (χ4v) is 2.70. The third-order valence-electron chi connectivity index (χ3n) is 3.95. The van der Waals surface area contributed by atoms with Crippen LogP contribution in [-0.4, -0.2) is 51.1 Å². The van der Waals surface area contributed by atoms with Gasteiger partial charge in [-0.1, -0.05) is 0 Å². The van der Waals surface area contributed by atoms with Crippen LogP contribution in [0, 0.1) is 0 Å². The summed E-state index contributed by atoms with van der Waals surface area (Å²) in [6.07, 6.45) is 6.94. The fourth-order valence-electron chi connectivity index (χ4n) is 2.70. The molecule has 6 nitrogen and oxygen atoms in total. The first-order valence-electron chi connectivity index (χ1n) is 7.51. The summed E-state index contributed by atoms with van der Waals surface area (Å²) in [5, 5.41) is 0. The molecule has 0 bridgehead atoms. The average Bonchev–Trinajstić information content (AvgIpc) is 2.99. The van der Waals surface area contributed by atoms with E-state index in [-0.39, 0.29) is 12.0 Å². The Kier molecular flexibility index (Phi) is 4.48. The van der Waals surface area contributed by atoms with Gasteiger partial charge in [0.2, 0.25) is 0 Å². The summed E-state index contributed by atoms with van der Waals surface area (Å²) in [4.78, 5) is 22.5. The predicted octanol–water partition coefficient (Wildman–Crippen LogP) is 1.29. The Morgan fingerprint density at radius 1 is 1.45 bits per heavy atom. The summed E-state index contributed by atoms with van der Waals surface area (Å²) in [7, 11) is 1.89. The molecule has 0 aromatic carbocycles. The maximum absolute atomic E-state index is 12.5. The Morgan fingerprint density at radius 3 is 3.09 bits per heavy atom. The molecule has 2 aromatic heterocycles. The van der Waals surface area contributed by atoms with Crippen molar-refractivity contribution in [1.29, 1.82) is 0 Å². The Hall–Kier alpha value is -2.21. The van der Waals surface area contributed by atoms with E-state index in [2.05, 4.69) is 9.97 Å². The van der Waals surface area contributed by atoms with Gasteiger partial charge in [0.25, 0.3) is 5.91 Å². The number of aromatic nitrogens is 3. The van der Waals surface area contributed by atoms with Crippen molar-refractivity contribution in [3.8, 4) is 0 Å². The van der Waals surface area contributed by atoms with Crippen molar-refractivity contribution in [1.82, 2.24) is 19.4 Å². The molecule has 1 saturated heterocycles. The first-order valence-corrected chi connectivity index (χ1v) is 7.51. The summed E-state index contributed by atoms with van der Waals surface area (Å²) in [5.74, 6) is 0.0721. The molecular formula is C16H20N4O2. The SMILES string of the molecule is Cn1cccc1C(=O)N1CCO[C@H](CCc2ccncn2)C1. The highest BCUT2D eigenvalue weighted by atomic mass is 16.5. The Morgan fingerprint density at radius 2 is 2.36 bits per heavy atom. The van der Waals surface area contributed by atoms with Gasteiger partial charge in [0.15, 0.2) is 0 Å². The molecule has 0 aliphatic carbocycles. The number of rotatable bonds is 4. The second-order valence-corrected chi connectivity index (χ2v) is 5.49. The smallest absolute Gasteiger partial charge is 0.270 e. The molecule has 3 rings (SSSR count). The molecule has 22 heavy (non-hydrogen) atoms. The molecule has 0 unspecified atom stereocenters. The predicted molar refractivity (Wildman–Crippen MR) is 81.4 cm³/mol. The first kappa shape index (κ1) is 14.7. The van der Waals surface area contributed by atoms with E-state index in [1.54, 1.807) is 12.5 Å². The van der Waals surface area contributed by atoms with E-state index in [0.29, 0.717) is 19.7 Å². The van der Waals surface area contributed by atoms with Gasteiger partial charge in [0.05, 0.1) is 12.7 Å². The molecule has 0 N–H and O–H groups in total. The maximum atomic E-state index is 12.5. The highest BCUT2D eigenvalue weighted by Gasteiger charge is 2.26. The molecule has 1 fully saturated rings. The van der Waals surface area contributed by atoms with Crippen molar-refractivity contribution in [2.75, 3.05) is 19.7 Å². The largest absolute Gasteiger partial charge is 0.375 e. The van der Waals surface area contributed by atoms with Crippen molar-refractivity contribution in [2.45, 2.75) is 18.9 Å². The van der Waals surface area contributed by atoms with Crippen LogP contribution < -0.4 is 0 Å². The minimum absolute atomic E-state index is 0.0629. The minimum Gasteiger partial charge on any atom is -0.375 e. The second kappa shape index (κ2) is 6.70. The normalized spacial score (nSPS) is 18.4. The van der Waals surface area contributed by atoms with Gasteiger partial charge in [-0.15, -0.1) is 0 Å². The topological polar surface area (TPSA) is 60.2 Å². The van der Waals surface area contributed by atoms with Gasteiger partial charge >= 0.3 is 0 Å². The average molecular weight is 300 g/mol. The second-order valence-electron chi connectivity index (χ2n) is 5.49. The quantitative estimate of drug-likeness (QED) is 0.853. The number of hydrogen-bond donors (Lipinski definition) is 0. The highest BCUT2D eigenvalue weighted by Crippen LogP contribution is 2.14. The molecule has 0 spiro atoms. The fraction of sp³-hybridized carbons (Fsp3) is 0.438. The molecular weight excluding hydrogens is 280 g/mol. The number of nitrogens with zero attached hydrogens (tertiary/aromatic N) is 4. The summed E-state index contributed by atoms with van der Waals surface area (Å²) in [6, 6.07) is 5.66. The van der Waals surface area contributed by atoms with Crippen LogP contribution in [0.15, 0.2) is 36.9 Å². The molecule has 0 saturated carbocycles. The van der Waals surface area contributed by atoms with Gasteiger partial charge in [0.1, 0.15) is 12.0 Å². The highest BCUT2D eigenvalue weighted by molar-refractivity contribution is 5.92. The van der Waals surface area contributed by atoms with E-state index < -0.39 is 0 Å². The number of carbonyl (C=O) groups is 1. The van der Waals surface area contributed by atoms with Gasteiger partial charge < -0.3 is 14.2 Å². The van der Waals surface area contributed by atoms with Crippen molar-refractivity contribution >= 4 is 5.91 Å². The summed E-state index contributed by atoms with van der Waals surface area (Å²) < 4.78 is 7.64. The van der Waals surface area contributed by atoms with Crippen molar-refractivity contribution < 1.29 is 9.53 Å². The van der Waals surface area contributed by atoms with E-state index in [1.165, 1.54) is 0 Å². The zero-order valence-corrected chi connectivity index (χ0v) is 12.7. The van der Waals surface area contributed by atoms with Crippen LogP contribution in [0.4, 0.5) is 0 Å². The molecule has 116 valence electrons. The van der Waals surface area contributed by atoms with Crippen LogP contribution in [-0.2, 0) is 18.2 Å². The lowest BCUT2D eigenvalue weighted by atomic mass is 10.1. The summed E-state index contributed by atoms with van der Waals surface area (Å²) in [5.41, 5.74) is 1.72. The zero-order valence-electron chi connectivity index (χ0n) is 12.7. The third-order valence-corrected chi connectivity index (χ3v) is 3.95. The first-order chi connectivity index (χ1) is 10.7. The number of aryl methyl sites for hydroxylation is 2. The lowest BCUT2D eigenvalue weighted by Crippen LogP contribution is -2.46. The van der Waals surface area contributed by atoms with Crippen LogP contribution in [0.3, 0.4) is 0 Å². The van der Waals surface area contributed by atoms with Crippen LogP contribution in [0.2, 0.25) is 0 Å². The molecule has 1 atom stereocenters. The van der Waals surface area contributed by atoms with Gasteiger partial charge in [0, 0.05) is 38.2 Å². The number of hydrogen-bond acceptors (Lipinski definition) is 4. The maximum Gasteiger partial charge on any atom is 0.270 e. The van der Waals surface area contributed by atoms with E-state index in [1.807, 2.05) is 40.9 Å². The lowest BCUT2D eigenvalue weighted by Gasteiger charge is -2.33. The van der Waals surface area contributed by atoms with E-state index in [4.69, 9.17) is 4.74 Å². The number of ether oxygens (including phenoxy) is 1. The van der Waals surface area contributed by atoms with Gasteiger partial charge in [-0.2, -0.15) is 0 Å². The van der Waals surface area contributed by atoms with Gasteiger partial charge in [-0.3, -0.25) is 4.79 Å². The Labute approximate surface area is 129 Å². The van der Waals surface area contributed by atoms with Crippen LogP contribution in [0.25, 0.3) is 0 Å². The van der Waals surface area contributed by atoms with E-state index in [0.717, 1.165) is 24.2 Å². The molecule has 6 heteroatoms. The van der Waals surface area contributed by atoms with Crippen LogP contribution in [0.5, 0.6) is 0 Å². The number of morpholine rings is 1.